The van der Waals surface area contributed by atoms with E-state index in [1.54, 1.807) is 0 Å². The summed E-state index contributed by atoms with van der Waals surface area (Å²) in [5.74, 6) is -0.863. The van der Waals surface area contributed by atoms with E-state index in [1.807, 2.05) is 0 Å². The Morgan fingerprint density at radius 3 is 0.765 bits per heavy atom. The average Bonchev–Trinajstić information content (AvgIpc) is 3.47. The van der Waals surface area contributed by atoms with Gasteiger partial charge < -0.3 is 14.2 Å². The first kappa shape index (κ1) is 78.6. The fourth-order valence-electron chi connectivity index (χ4n) is 11.1. The molecule has 0 aliphatic heterocycles. The monoisotopic (exact) mass is 1140 g/mol. The van der Waals surface area contributed by atoms with Gasteiger partial charge in [-0.1, -0.05) is 353 Å². The predicted octanol–water partition coefficient (Wildman–Crippen LogP) is 25.1. The molecule has 476 valence electrons. The molecule has 0 amide bonds. The number of unbranched alkanes of at least 4 members (excludes halogenated alkanes) is 51. The van der Waals surface area contributed by atoms with Crippen molar-refractivity contribution in [2.75, 3.05) is 13.2 Å². The second kappa shape index (κ2) is 70.1. The summed E-state index contributed by atoms with van der Waals surface area (Å²) in [5.41, 5.74) is 0. The number of carbonyl (C=O) groups is 3. The number of hydrogen-bond donors (Lipinski definition) is 0. The maximum absolute atomic E-state index is 12.9. The van der Waals surface area contributed by atoms with Crippen molar-refractivity contribution in [3.05, 3.63) is 36.5 Å². The standard InChI is InChI=1S/C75H140O6/c1-4-7-10-13-16-19-22-24-26-28-30-31-32-33-34-35-36-37-38-39-40-41-42-43-44-46-47-49-51-53-56-59-62-65-68-74(77)80-71-72(70-79-73(76)67-64-61-58-55-21-18-15-12-9-6-3)81-75(78)69-66-63-60-57-54-52-50-48-45-29-27-25-23-20-17-14-11-8-5-2/h12,15,17,20,25,27,72H,4-11,13-14,16,18-19,21-24,26,28-71H2,1-3H3/b15-12-,20-17-,27-25-. The van der Waals surface area contributed by atoms with E-state index in [0.29, 0.717) is 19.3 Å². The Balaban J connectivity index is 4.02. The third-order valence-corrected chi connectivity index (χ3v) is 16.6. The molecule has 0 radical (unpaired) electrons. The normalized spacial score (nSPS) is 12.2. The van der Waals surface area contributed by atoms with E-state index in [4.69, 9.17) is 14.2 Å². The summed E-state index contributed by atoms with van der Waals surface area (Å²) in [6, 6.07) is 0. The number of rotatable bonds is 68. The van der Waals surface area contributed by atoms with Crippen molar-refractivity contribution in [2.45, 2.75) is 412 Å². The van der Waals surface area contributed by atoms with Crippen LogP contribution in [-0.2, 0) is 28.6 Å². The minimum absolute atomic E-state index is 0.0724. The number of ether oxygens (including phenoxy) is 3. The zero-order valence-corrected chi connectivity index (χ0v) is 54.8. The Morgan fingerprint density at radius 2 is 0.469 bits per heavy atom. The highest BCUT2D eigenvalue weighted by molar-refractivity contribution is 5.71. The van der Waals surface area contributed by atoms with E-state index in [-0.39, 0.29) is 31.1 Å². The van der Waals surface area contributed by atoms with E-state index in [2.05, 4.69) is 57.2 Å². The maximum atomic E-state index is 12.9. The molecule has 0 bridgehead atoms. The van der Waals surface area contributed by atoms with Gasteiger partial charge in [0.2, 0.25) is 0 Å². The van der Waals surface area contributed by atoms with Crippen molar-refractivity contribution in [2.24, 2.45) is 0 Å². The van der Waals surface area contributed by atoms with Crippen LogP contribution in [0.25, 0.3) is 0 Å². The van der Waals surface area contributed by atoms with Crippen LogP contribution in [0.4, 0.5) is 0 Å². The molecule has 0 aromatic rings. The smallest absolute Gasteiger partial charge is 0.306 e. The van der Waals surface area contributed by atoms with Crippen molar-refractivity contribution in [3.8, 4) is 0 Å². The zero-order chi connectivity index (χ0) is 58.5. The van der Waals surface area contributed by atoms with Gasteiger partial charge in [-0.2, -0.15) is 0 Å². The van der Waals surface area contributed by atoms with E-state index < -0.39 is 6.10 Å². The Labute approximate surface area is 506 Å². The topological polar surface area (TPSA) is 78.9 Å². The third kappa shape index (κ3) is 68.3. The van der Waals surface area contributed by atoms with E-state index >= 15 is 0 Å². The van der Waals surface area contributed by atoms with E-state index in [9.17, 15) is 14.4 Å². The van der Waals surface area contributed by atoms with Gasteiger partial charge in [-0.05, 0) is 70.6 Å². The molecule has 0 aromatic heterocycles. The molecule has 1 unspecified atom stereocenters. The third-order valence-electron chi connectivity index (χ3n) is 16.6. The van der Waals surface area contributed by atoms with Crippen LogP contribution in [0.15, 0.2) is 36.5 Å². The van der Waals surface area contributed by atoms with Gasteiger partial charge in [-0.15, -0.1) is 0 Å². The molecule has 0 fully saturated rings. The van der Waals surface area contributed by atoms with Crippen molar-refractivity contribution < 1.29 is 28.6 Å². The lowest BCUT2D eigenvalue weighted by atomic mass is 10.0. The van der Waals surface area contributed by atoms with Gasteiger partial charge in [-0.25, -0.2) is 0 Å². The first-order valence-corrected chi connectivity index (χ1v) is 36.5. The van der Waals surface area contributed by atoms with Crippen LogP contribution in [0.5, 0.6) is 0 Å². The van der Waals surface area contributed by atoms with Crippen molar-refractivity contribution in [3.63, 3.8) is 0 Å². The summed E-state index contributed by atoms with van der Waals surface area (Å²) >= 11 is 0. The minimum atomic E-state index is -0.776. The van der Waals surface area contributed by atoms with Crippen LogP contribution in [0.3, 0.4) is 0 Å². The number of hydrogen-bond acceptors (Lipinski definition) is 6. The van der Waals surface area contributed by atoms with Crippen LogP contribution in [0, 0.1) is 0 Å². The van der Waals surface area contributed by atoms with Crippen LogP contribution >= 0.6 is 0 Å². The highest BCUT2D eigenvalue weighted by Gasteiger charge is 2.19. The van der Waals surface area contributed by atoms with Crippen molar-refractivity contribution in [1.29, 1.82) is 0 Å². The van der Waals surface area contributed by atoms with Gasteiger partial charge in [0.1, 0.15) is 13.2 Å². The van der Waals surface area contributed by atoms with Gasteiger partial charge >= 0.3 is 17.9 Å². The molecule has 0 rings (SSSR count). The Bertz CT molecular complexity index is 1350. The molecule has 0 spiro atoms. The van der Waals surface area contributed by atoms with Crippen LogP contribution in [0.2, 0.25) is 0 Å². The molecule has 81 heavy (non-hydrogen) atoms. The molecule has 1 atom stereocenters. The van der Waals surface area contributed by atoms with Crippen LogP contribution in [-0.4, -0.2) is 37.2 Å². The molecule has 0 aromatic carbocycles. The molecule has 0 N–H and O–H groups in total. The number of esters is 3. The molecule has 0 saturated heterocycles. The highest BCUT2D eigenvalue weighted by atomic mass is 16.6. The second-order valence-corrected chi connectivity index (χ2v) is 24.9. The largest absolute Gasteiger partial charge is 0.462 e. The summed E-state index contributed by atoms with van der Waals surface area (Å²) in [5, 5.41) is 0. The lowest BCUT2D eigenvalue weighted by Gasteiger charge is -2.18. The van der Waals surface area contributed by atoms with Gasteiger partial charge in [0.15, 0.2) is 6.10 Å². The number of allylic oxidation sites excluding steroid dienone is 6. The molecule has 0 aliphatic carbocycles. The van der Waals surface area contributed by atoms with Gasteiger partial charge in [0, 0.05) is 19.3 Å². The maximum Gasteiger partial charge on any atom is 0.306 e. The molecular formula is C75H140O6. The average molecular weight is 1140 g/mol. The zero-order valence-electron chi connectivity index (χ0n) is 54.8. The van der Waals surface area contributed by atoms with Gasteiger partial charge in [-0.3, -0.25) is 14.4 Å². The Morgan fingerprint density at radius 1 is 0.247 bits per heavy atom. The molecule has 6 heteroatoms. The first-order chi connectivity index (χ1) is 40.0. The molecule has 0 heterocycles. The minimum Gasteiger partial charge on any atom is -0.462 e. The Hall–Kier alpha value is -2.37. The van der Waals surface area contributed by atoms with Crippen LogP contribution < -0.4 is 0 Å². The fourth-order valence-corrected chi connectivity index (χ4v) is 11.1. The molecular weight excluding hydrogens is 997 g/mol. The molecule has 6 nitrogen and oxygen atoms in total. The van der Waals surface area contributed by atoms with E-state index in [0.717, 1.165) is 77.0 Å². The summed E-state index contributed by atoms with van der Waals surface area (Å²) in [7, 11) is 0. The summed E-state index contributed by atoms with van der Waals surface area (Å²) in [6.07, 6.45) is 87.9. The van der Waals surface area contributed by atoms with Crippen molar-refractivity contribution >= 4 is 17.9 Å². The summed E-state index contributed by atoms with van der Waals surface area (Å²) in [6.45, 7) is 6.61. The lowest BCUT2D eigenvalue weighted by Crippen LogP contribution is -2.30. The first-order valence-electron chi connectivity index (χ1n) is 36.5. The van der Waals surface area contributed by atoms with Crippen molar-refractivity contribution in [1.82, 2.24) is 0 Å². The summed E-state index contributed by atoms with van der Waals surface area (Å²) < 4.78 is 16.9. The quantitative estimate of drug-likeness (QED) is 0.0261. The number of carbonyl (C=O) groups excluding carboxylic acids is 3. The SMILES string of the molecule is CCC/C=C\CCCCCCCC(=O)OCC(COC(=O)CCCCCCCCCCCCCCCCCCCCCCCCCCCCCCCCCCCC)OC(=O)CCCCCCCCCCC/C=C\C/C=C\CCCCC. The molecule has 0 saturated carbocycles. The fraction of sp³-hybridized carbons (Fsp3) is 0.880. The van der Waals surface area contributed by atoms with Gasteiger partial charge in [0.05, 0.1) is 0 Å². The molecule has 0 aliphatic rings. The second-order valence-electron chi connectivity index (χ2n) is 24.9. The highest BCUT2D eigenvalue weighted by Crippen LogP contribution is 2.19. The van der Waals surface area contributed by atoms with Crippen LogP contribution in [0.1, 0.15) is 406 Å². The Kier molecular flexibility index (Phi) is 68.1. The predicted molar refractivity (Wildman–Crippen MR) is 353 cm³/mol. The van der Waals surface area contributed by atoms with Gasteiger partial charge in [0.25, 0.3) is 0 Å². The lowest BCUT2D eigenvalue weighted by molar-refractivity contribution is -0.167. The van der Waals surface area contributed by atoms with E-state index in [1.165, 1.54) is 289 Å². The summed E-state index contributed by atoms with van der Waals surface area (Å²) in [4.78, 5) is 38.3.